The Kier molecular flexibility index (Phi) is 3.58. The van der Waals surface area contributed by atoms with E-state index in [1.807, 2.05) is 0 Å². The number of hydrogen-bond acceptors (Lipinski definition) is 3. The predicted octanol–water partition coefficient (Wildman–Crippen LogP) is 2.20. The molecule has 0 saturated heterocycles. The van der Waals surface area contributed by atoms with E-state index in [1.54, 1.807) is 13.1 Å². The molecule has 0 spiro atoms. The Morgan fingerprint density at radius 3 is 2.67 bits per heavy atom. The summed E-state index contributed by atoms with van der Waals surface area (Å²) in [4.78, 5) is 0.0833. The molecule has 1 fully saturated rings. The van der Waals surface area contributed by atoms with Crippen LogP contribution in [0, 0.1) is 11.8 Å². The third kappa shape index (κ3) is 2.63. The maximum absolute atomic E-state index is 12.4. The quantitative estimate of drug-likeness (QED) is 0.864. The minimum absolute atomic E-state index is 0.0833. The third-order valence-electron chi connectivity index (χ3n) is 3.41. The summed E-state index contributed by atoms with van der Waals surface area (Å²) in [6.45, 7) is 2.66. The Morgan fingerprint density at radius 2 is 2.11 bits per heavy atom. The van der Waals surface area contributed by atoms with E-state index in [0.29, 0.717) is 24.1 Å². The zero-order valence-corrected chi connectivity index (χ0v) is 12.0. The summed E-state index contributed by atoms with van der Waals surface area (Å²) < 4.78 is 26.1. The van der Waals surface area contributed by atoms with E-state index >= 15 is 0 Å². The van der Waals surface area contributed by atoms with Crippen LogP contribution in [0.2, 0.25) is 5.02 Å². The average molecular weight is 289 g/mol. The van der Waals surface area contributed by atoms with Gasteiger partial charge in [0.1, 0.15) is 4.90 Å². The summed E-state index contributed by atoms with van der Waals surface area (Å²) in [6.07, 6.45) is 1.09. The van der Waals surface area contributed by atoms with Crippen molar-refractivity contribution in [1.29, 1.82) is 0 Å². The molecule has 1 saturated carbocycles. The van der Waals surface area contributed by atoms with Gasteiger partial charge in [-0.25, -0.2) is 12.7 Å². The molecule has 18 heavy (non-hydrogen) atoms. The molecule has 1 aliphatic carbocycles. The summed E-state index contributed by atoms with van der Waals surface area (Å²) in [6, 6.07) is 4.51. The number of rotatable bonds is 4. The molecule has 0 radical (unpaired) electrons. The van der Waals surface area contributed by atoms with Crippen LogP contribution in [0.1, 0.15) is 13.3 Å². The number of halogens is 1. The lowest BCUT2D eigenvalue weighted by Gasteiger charge is -2.18. The van der Waals surface area contributed by atoms with E-state index < -0.39 is 10.0 Å². The number of nitrogens with zero attached hydrogens (tertiary/aromatic N) is 1. The molecule has 4 nitrogen and oxygen atoms in total. The van der Waals surface area contributed by atoms with Gasteiger partial charge < -0.3 is 5.73 Å². The summed E-state index contributed by atoms with van der Waals surface area (Å²) in [5.41, 5.74) is 6.01. The van der Waals surface area contributed by atoms with Crippen LogP contribution in [0.3, 0.4) is 0 Å². The van der Waals surface area contributed by atoms with Crippen molar-refractivity contribution in [3.05, 3.63) is 23.2 Å². The molecule has 6 heteroatoms. The molecule has 100 valence electrons. The van der Waals surface area contributed by atoms with Crippen LogP contribution in [0.4, 0.5) is 5.69 Å². The molecule has 0 aliphatic heterocycles. The SMILES string of the molecule is CC1CC1CN(C)S(=O)(=O)c1cc(N)ccc1Cl. The number of benzene rings is 1. The molecular formula is C12H17ClN2O2S. The Labute approximate surface area is 113 Å². The summed E-state index contributed by atoms with van der Waals surface area (Å²) in [7, 11) is -1.97. The third-order valence-corrected chi connectivity index (χ3v) is 5.72. The van der Waals surface area contributed by atoms with Crippen molar-refractivity contribution in [3.8, 4) is 0 Å². The molecule has 2 rings (SSSR count). The molecule has 0 heterocycles. The second-order valence-corrected chi connectivity index (χ2v) is 7.37. The standard InChI is InChI=1S/C12H17ClN2O2S/c1-8-5-9(8)7-15(2)18(16,17)12-6-10(14)3-4-11(12)13/h3-4,6,8-9H,5,7,14H2,1-2H3. The van der Waals surface area contributed by atoms with Crippen LogP contribution in [0.15, 0.2) is 23.1 Å². The van der Waals surface area contributed by atoms with Crippen molar-refractivity contribution in [2.75, 3.05) is 19.3 Å². The minimum Gasteiger partial charge on any atom is -0.399 e. The van der Waals surface area contributed by atoms with E-state index in [4.69, 9.17) is 17.3 Å². The van der Waals surface area contributed by atoms with Crippen LogP contribution in [0.25, 0.3) is 0 Å². The Morgan fingerprint density at radius 1 is 1.50 bits per heavy atom. The molecule has 0 amide bonds. The molecule has 2 N–H and O–H groups in total. The van der Waals surface area contributed by atoms with E-state index in [1.165, 1.54) is 16.4 Å². The zero-order chi connectivity index (χ0) is 13.5. The smallest absolute Gasteiger partial charge is 0.244 e. The molecule has 1 aliphatic rings. The second kappa shape index (κ2) is 4.72. The van der Waals surface area contributed by atoms with Gasteiger partial charge in [-0.1, -0.05) is 18.5 Å². The van der Waals surface area contributed by atoms with Crippen molar-refractivity contribution in [2.45, 2.75) is 18.2 Å². The van der Waals surface area contributed by atoms with Crippen molar-refractivity contribution in [3.63, 3.8) is 0 Å². The van der Waals surface area contributed by atoms with Gasteiger partial charge in [0.15, 0.2) is 0 Å². The Hall–Kier alpha value is -0.780. The number of anilines is 1. The van der Waals surface area contributed by atoms with E-state index in [2.05, 4.69) is 6.92 Å². The summed E-state index contributed by atoms with van der Waals surface area (Å²) in [5, 5.41) is 0.208. The maximum Gasteiger partial charge on any atom is 0.244 e. The first-order valence-electron chi connectivity index (χ1n) is 5.83. The van der Waals surface area contributed by atoms with Gasteiger partial charge in [-0.15, -0.1) is 0 Å². The zero-order valence-electron chi connectivity index (χ0n) is 10.4. The van der Waals surface area contributed by atoms with Gasteiger partial charge in [-0.05, 0) is 36.5 Å². The largest absolute Gasteiger partial charge is 0.399 e. The second-order valence-electron chi connectivity index (χ2n) is 4.95. The van der Waals surface area contributed by atoms with E-state index in [-0.39, 0.29) is 9.92 Å². The molecule has 0 bridgehead atoms. The molecule has 1 aromatic rings. The van der Waals surface area contributed by atoms with Gasteiger partial charge in [0.25, 0.3) is 0 Å². The van der Waals surface area contributed by atoms with Gasteiger partial charge in [0.05, 0.1) is 5.02 Å². The Balaban J connectivity index is 2.26. The fourth-order valence-electron chi connectivity index (χ4n) is 1.97. The topological polar surface area (TPSA) is 63.4 Å². The lowest BCUT2D eigenvalue weighted by atomic mass is 10.3. The normalized spacial score (nSPS) is 23.3. The van der Waals surface area contributed by atoms with Crippen molar-refractivity contribution >= 4 is 27.3 Å². The van der Waals surface area contributed by atoms with E-state index in [9.17, 15) is 8.42 Å². The monoisotopic (exact) mass is 288 g/mol. The van der Waals surface area contributed by atoms with Crippen LogP contribution in [0.5, 0.6) is 0 Å². The number of hydrogen-bond donors (Lipinski definition) is 1. The molecular weight excluding hydrogens is 272 g/mol. The summed E-state index contributed by atoms with van der Waals surface area (Å²) in [5.74, 6) is 1.07. The molecule has 1 aromatic carbocycles. The highest BCUT2D eigenvalue weighted by Crippen LogP contribution is 2.39. The maximum atomic E-state index is 12.4. The average Bonchev–Trinajstić information content (AvgIpc) is 2.97. The molecule has 2 unspecified atom stereocenters. The highest BCUT2D eigenvalue weighted by molar-refractivity contribution is 7.89. The van der Waals surface area contributed by atoms with Crippen LogP contribution >= 0.6 is 11.6 Å². The van der Waals surface area contributed by atoms with Crippen LogP contribution in [-0.4, -0.2) is 26.3 Å². The van der Waals surface area contributed by atoms with Crippen molar-refractivity contribution < 1.29 is 8.42 Å². The first-order chi connectivity index (χ1) is 8.32. The fourth-order valence-corrected chi connectivity index (χ4v) is 3.70. The van der Waals surface area contributed by atoms with Gasteiger partial charge in [0, 0.05) is 19.3 Å². The van der Waals surface area contributed by atoms with Gasteiger partial charge in [0.2, 0.25) is 10.0 Å². The molecule has 2 atom stereocenters. The Bertz CT molecular complexity index is 559. The highest BCUT2D eigenvalue weighted by Gasteiger charge is 2.36. The lowest BCUT2D eigenvalue weighted by molar-refractivity contribution is 0.445. The minimum atomic E-state index is -3.55. The molecule has 0 aromatic heterocycles. The van der Waals surface area contributed by atoms with E-state index in [0.717, 1.165) is 6.42 Å². The van der Waals surface area contributed by atoms with Crippen LogP contribution < -0.4 is 5.73 Å². The van der Waals surface area contributed by atoms with Crippen molar-refractivity contribution in [1.82, 2.24) is 4.31 Å². The fraction of sp³-hybridized carbons (Fsp3) is 0.500. The van der Waals surface area contributed by atoms with Gasteiger partial charge >= 0.3 is 0 Å². The van der Waals surface area contributed by atoms with Crippen molar-refractivity contribution in [2.24, 2.45) is 11.8 Å². The highest BCUT2D eigenvalue weighted by atomic mass is 35.5. The first kappa shape index (κ1) is 13.6. The number of sulfonamides is 1. The number of nitrogens with two attached hydrogens (primary N) is 1. The van der Waals surface area contributed by atoms with Gasteiger partial charge in [-0.2, -0.15) is 0 Å². The lowest BCUT2D eigenvalue weighted by Crippen LogP contribution is -2.29. The van der Waals surface area contributed by atoms with Crippen LogP contribution in [-0.2, 0) is 10.0 Å². The van der Waals surface area contributed by atoms with Gasteiger partial charge in [-0.3, -0.25) is 0 Å². The predicted molar refractivity (Wildman–Crippen MR) is 73.0 cm³/mol. The summed E-state index contributed by atoms with van der Waals surface area (Å²) >= 11 is 5.94. The first-order valence-corrected chi connectivity index (χ1v) is 7.65. The number of nitrogen functional groups attached to an aromatic ring is 1.